The fraction of sp³-hybridized carbons (Fsp3) is 0.933. The summed E-state index contributed by atoms with van der Waals surface area (Å²) in [5.74, 6) is 0.233. The van der Waals surface area contributed by atoms with E-state index in [0.29, 0.717) is 24.7 Å². The van der Waals surface area contributed by atoms with Crippen LogP contribution in [0.3, 0.4) is 0 Å². The third kappa shape index (κ3) is 3.11. The number of fused-ring (bicyclic) bond motifs is 2. The first-order valence-corrected chi connectivity index (χ1v) is 7.92. The molecule has 1 N–H and O–H groups in total. The van der Waals surface area contributed by atoms with Gasteiger partial charge in [-0.2, -0.15) is 0 Å². The first-order valence-electron chi connectivity index (χ1n) is 7.92. The van der Waals surface area contributed by atoms with E-state index in [9.17, 15) is 4.79 Å². The van der Waals surface area contributed by atoms with Crippen molar-refractivity contribution in [2.75, 3.05) is 19.6 Å². The third-order valence-electron chi connectivity index (χ3n) is 4.83. The van der Waals surface area contributed by atoms with Gasteiger partial charge in [0.15, 0.2) is 0 Å². The van der Waals surface area contributed by atoms with E-state index in [1.54, 1.807) is 0 Å². The molecule has 3 fully saturated rings. The standard InChI is InChI=1S/C15H27N3O/c1-11(2)18-13-5-6-14(18)9-17(8-7-13)10-15(19)16-12-3-4-12/h11-14H,3-10H2,1-2H3,(H,16,19)/t13-,14-/m0/s1. The van der Waals surface area contributed by atoms with E-state index in [1.807, 2.05) is 0 Å². The molecule has 1 amide bonds. The normalized spacial score (nSPS) is 32.6. The zero-order valence-corrected chi connectivity index (χ0v) is 12.3. The van der Waals surface area contributed by atoms with Crippen molar-refractivity contribution in [1.29, 1.82) is 0 Å². The van der Waals surface area contributed by atoms with Crippen LogP contribution in [0.5, 0.6) is 0 Å². The van der Waals surface area contributed by atoms with Gasteiger partial charge in [-0.1, -0.05) is 0 Å². The van der Waals surface area contributed by atoms with E-state index in [0.717, 1.165) is 19.1 Å². The minimum absolute atomic E-state index is 0.233. The number of hydrogen-bond acceptors (Lipinski definition) is 3. The summed E-state index contributed by atoms with van der Waals surface area (Å²) in [7, 11) is 0. The van der Waals surface area contributed by atoms with Gasteiger partial charge in [-0.3, -0.25) is 14.6 Å². The van der Waals surface area contributed by atoms with Crippen LogP contribution in [0.1, 0.15) is 46.0 Å². The largest absolute Gasteiger partial charge is 0.352 e. The molecule has 4 heteroatoms. The van der Waals surface area contributed by atoms with Crippen molar-refractivity contribution in [3.8, 4) is 0 Å². The molecule has 2 aliphatic heterocycles. The van der Waals surface area contributed by atoms with Crippen LogP contribution in [-0.4, -0.2) is 59.5 Å². The summed E-state index contributed by atoms with van der Waals surface area (Å²) < 4.78 is 0. The third-order valence-corrected chi connectivity index (χ3v) is 4.83. The molecule has 19 heavy (non-hydrogen) atoms. The van der Waals surface area contributed by atoms with Crippen LogP contribution < -0.4 is 5.32 Å². The number of nitrogens with one attached hydrogen (secondary N) is 1. The van der Waals surface area contributed by atoms with Gasteiger partial charge in [-0.25, -0.2) is 0 Å². The van der Waals surface area contributed by atoms with Gasteiger partial charge in [-0.15, -0.1) is 0 Å². The number of amides is 1. The maximum atomic E-state index is 11.9. The van der Waals surface area contributed by atoms with Crippen LogP contribution in [0, 0.1) is 0 Å². The van der Waals surface area contributed by atoms with Crippen molar-refractivity contribution in [2.45, 2.75) is 70.1 Å². The SMILES string of the molecule is CC(C)N1[C@H]2CC[C@H]1CN(CC(=O)NC1CC1)CC2. The molecule has 108 valence electrons. The second-order valence-electron chi connectivity index (χ2n) is 6.79. The highest BCUT2D eigenvalue weighted by molar-refractivity contribution is 5.78. The first kappa shape index (κ1) is 13.4. The number of carbonyl (C=O) groups is 1. The highest BCUT2D eigenvalue weighted by Crippen LogP contribution is 2.31. The highest BCUT2D eigenvalue weighted by atomic mass is 16.2. The van der Waals surface area contributed by atoms with Crippen LogP contribution in [0.15, 0.2) is 0 Å². The van der Waals surface area contributed by atoms with Gasteiger partial charge < -0.3 is 5.32 Å². The van der Waals surface area contributed by atoms with Crippen LogP contribution in [0.4, 0.5) is 0 Å². The Morgan fingerprint density at radius 3 is 2.58 bits per heavy atom. The summed E-state index contributed by atoms with van der Waals surface area (Å²) in [6.45, 7) is 7.38. The molecule has 1 aliphatic carbocycles. The fourth-order valence-electron chi connectivity index (χ4n) is 3.87. The second kappa shape index (κ2) is 5.41. The summed E-state index contributed by atoms with van der Waals surface area (Å²) in [6.07, 6.45) is 6.25. The van der Waals surface area contributed by atoms with Crippen LogP contribution in [-0.2, 0) is 4.79 Å². The molecule has 3 aliphatic rings. The van der Waals surface area contributed by atoms with Crippen LogP contribution in [0.25, 0.3) is 0 Å². The Morgan fingerprint density at radius 2 is 1.89 bits per heavy atom. The molecule has 1 saturated carbocycles. The molecular formula is C15H27N3O. The smallest absolute Gasteiger partial charge is 0.234 e. The van der Waals surface area contributed by atoms with Gasteiger partial charge in [0, 0.05) is 37.3 Å². The predicted octanol–water partition coefficient (Wildman–Crippen LogP) is 1.21. The lowest BCUT2D eigenvalue weighted by molar-refractivity contribution is -0.122. The van der Waals surface area contributed by atoms with Gasteiger partial charge in [0.1, 0.15) is 0 Å². The van der Waals surface area contributed by atoms with Crippen molar-refractivity contribution in [2.24, 2.45) is 0 Å². The maximum Gasteiger partial charge on any atom is 0.234 e. The molecule has 2 atom stereocenters. The molecule has 0 spiro atoms. The number of hydrogen-bond donors (Lipinski definition) is 1. The summed E-state index contributed by atoms with van der Waals surface area (Å²) >= 11 is 0. The van der Waals surface area contributed by atoms with Crippen molar-refractivity contribution >= 4 is 5.91 Å². The number of carbonyl (C=O) groups excluding carboxylic acids is 1. The molecule has 0 aromatic carbocycles. The highest BCUT2D eigenvalue weighted by Gasteiger charge is 2.38. The second-order valence-corrected chi connectivity index (χ2v) is 6.79. The van der Waals surface area contributed by atoms with Crippen molar-refractivity contribution < 1.29 is 4.79 Å². The lowest BCUT2D eigenvalue weighted by atomic mass is 10.1. The van der Waals surface area contributed by atoms with E-state index in [2.05, 4.69) is 29.0 Å². The average Bonchev–Trinajstić information content (AvgIpc) is 3.05. The minimum atomic E-state index is 0.233. The fourth-order valence-corrected chi connectivity index (χ4v) is 3.87. The van der Waals surface area contributed by atoms with Crippen molar-refractivity contribution in [3.05, 3.63) is 0 Å². The zero-order chi connectivity index (χ0) is 13.4. The van der Waals surface area contributed by atoms with E-state index in [-0.39, 0.29) is 5.91 Å². The molecule has 0 aromatic heterocycles. The maximum absolute atomic E-state index is 11.9. The van der Waals surface area contributed by atoms with Gasteiger partial charge >= 0.3 is 0 Å². The molecule has 0 aromatic rings. The summed E-state index contributed by atoms with van der Waals surface area (Å²) in [4.78, 5) is 17.0. The topological polar surface area (TPSA) is 35.6 Å². The molecule has 2 bridgehead atoms. The molecule has 3 rings (SSSR count). The quantitative estimate of drug-likeness (QED) is 0.830. The summed E-state index contributed by atoms with van der Waals surface area (Å²) in [5, 5.41) is 3.11. The predicted molar refractivity (Wildman–Crippen MR) is 76.0 cm³/mol. The van der Waals surface area contributed by atoms with Gasteiger partial charge in [0.2, 0.25) is 5.91 Å². The van der Waals surface area contributed by atoms with Gasteiger partial charge in [0.25, 0.3) is 0 Å². The van der Waals surface area contributed by atoms with E-state index in [4.69, 9.17) is 0 Å². The molecule has 4 nitrogen and oxygen atoms in total. The molecule has 2 heterocycles. The van der Waals surface area contributed by atoms with Crippen molar-refractivity contribution in [3.63, 3.8) is 0 Å². The Bertz CT molecular complexity index is 340. The van der Waals surface area contributed by atoms with E-state index in [1.165, 1.54) is 32.1 Å². The lowest BCUT2D eigenvalue weighted by Crippen LogP contribution is -2.45. The number of likely N-dealkylation sites (tertiary alicyclic amines) is 1. The van der Waals surface area contributed by atoms with Crippen molar-refractivity contribution in [1.82, 2.24) is 15.1 Å². The Morgan fingerprint density at radius 1 is 1.16 bits per heavy atom. The lowest BCUT2D eigenvalue weighted by Gasteiger charge is -2.32. The Labute approximate surface area is 116 Å². The average molecular weight is 265 g/mol. The zero-order valence-electron chi connectivity index (χ0n) is 12.3. The molecule has 0 radical (unpaired) electrons. The summed E-state index contributed by atoms with van der Waals surface area (Å²) in [6, 6.07) is 2.54. The molecular weight excluding hydrogens is 238 g/mol. The number of rotatable bonds is 4. The molecule has 2 saturated heterocycles. The Balaban J connectivity index is 1.55. The molecule has 0 unspecified atom stereocenters. The minimum Gasteiger partial charge on any atom is -0.352 e. The monoisotopic (exact) mass is 265 g/mol. The van der Waals surface area contributed by atoms with Gasteiger partial charge in [0.05, 0.1) is 6.54 Å². The van der Waals surface area contributed by atoms with Crippen LogP contribution >= 0.6 is 0 Å². The Kier molecular flexibility index (Phi) is 3.81. The van der Waals surface area contributed by atoms with E-state index >= 15 is 0 Å². The Hall–Kier alpha value is -0.610. The van der Waals surface area contributed by atoms with E-state index < -0.39 is 0 Å². The van der Waals surface area contributed by atoms with Crippen LogP contribution in [0.2, 0.25) is 0 Å². The number of nitrogens with zero attached hydrogens (tertiary/aromatic N) is 2. The first-order chi connectivity index (χ1) is 9.13. The van der Waals surface area contributed by atoms with Gasteiger partial charge in [-0.05, 0) is 46.0 Å². The summed E-state index contributed by atoms with van der Waals surface area (Å²) in [5.41, 5.74) is 0.